The van der Waals surface area contributed by atoms with Crippen molar-refractivity contribution < 1.29 is 26.8 Å². The number of furan rings is 1. The number of aromatic nitrogens is 1. The van der Waals surface area contributed by atoms with Crippen LogP contribution >= 0.6 is 0 Å². The number of sulfonamides is 1. The Balaban J connectivity index is 1.39. The van der Waals surface area contributed by atoms with Gasteiger partial charge in [0.1, 0.15) is 27.5 Å². The zero-order valence-electron chi connectivity index (χ0n) is 16.7. The van der Waals surface area contributed by atoms with Crippen molar-refractivity contribution in [1.29, 1.82) is 0 Å². The molecule has 166 valence electrons. The van der Waals surface area contributed by atoms with E-state index < -0.39 is 33.3 Å². The number of nitrogens with zero attached hydrogens (tertiary/aromatic N) is 1. The van der Waals surface area contributed by atoms with Gasteiger partial charge in [0.25, 0.3) is 5.91 Å². The van der Waals surface area contributed by atoms with Gasteiger partial charge >= 0.3 is 6.03 Å². The van der Waals surface area contributed by atoms with Gasteiger partial charge in [0.05, 0.1) is 6.20 Å². The van der Waals surface area contributed by atoms with Crippen LogP contribution in [-0.2, 0) is 14.8 Å². The Morgan fingerprint density at radius 3 is 2.81 bits per heavy atom. The van der Waals surface area contributed by atoms with Gasteiger partial charge in [-0.25, -0.2) is 27.3 Å². The summed E-state index contributed by atoms with van der Waals surface area (Å²) in [4.78, 5) is 27.2. The molecule has 11 heteroatoms. The van der Waals surface area contributed by atoms with Crippen molar-refractivity contribution in [2.75, 3.05) is 6.54 Å². The van der Waals surface area contributed by atoms with Crippen molar-refractivity contribution in [3.8, 4) is 11.5 Å². The van der Waals surface area contributed by atoms with Gasteiger partial charge in [-0.05, 0) is 43.4 Å². The second-order valence-corrected chi connectivity index (χ2v) is 9.84. The third-order valence-corrected chi connectivity index (χ3v) is 7.40. The van der Waals surface area contributed by atoms with Gasteiger partial charge in [-0.15, -0.1) is 0 Å². The molecule has 2 aliphatic rings. The van der Waals surface area contributed by atoms with E-state index in [9.17, 15) is 22.4 Å². The molecule has 1 aliphatic heterocycles. The molecular formula is C21H19FN4O5S. The summed E-state index contributed by atoms with van der Waals surface area (Å²) in [5, 5.41) is 5.63. The maximum atomic E-state index is 13.9. The monoisotopic (exact) mass is 458 g/mol. The molecule has 1 aliphatic carbocycles. The van der Waals surface area contributed by atoms with Crippen molar-refractivity contribution in [2.45, 2.75) is 29.7 Å². The first-order chi connectivity index (χ1) is 15.3. The number of hydrogen-bond donors (Lipinski definition) is 3. The molecule has 5 rings (SSSR count). The van der Waals surface area contributed by atoms with Gasteiger partial charge in [-0.2, -0.15) is 0 Å². The Kier molecular flexibility index (Phi) is 4.75. The number of rotatable bonds is 5. The minimum Gasteiger partial charge on any atom is -0.454 e. The van der Waals surface area contributed by atoms with E-state index in [-0.39, 0.29) is 28.8 Å². The highest BCUT2D eigenvalue weighted by molar-refractivity contribution is 7.89. The first-order valence-electron chi connectivity index (χ1n) is 10.0. The molecule has 1 aromatic carbocycles. The minimum atomic E-state index is -4.15. The number of carbonyl (C=O) groups is 2. The molecule has 2 atom stereocenters. The number of hydrogen-bond acceptors (Lipinski definition) is 6. The number of urea groups is 1. The largest absolute Gasteiger partial charge is 0.454 e. The van der Waals surface area contributed by atoms with Gasteiger partial charge in [-0.3, -0.25) is 10.1 Å². The summed E-state index contributed by atoms with van der Waals surface area (Å²) in [6.45, 7) is 0.0311. The smallest absolute Gasteiger partial charge is 0.322 e. The lowest BCUT2D eigenvalue weighted by Crippen LogP contribution is -2.44. The third-order valence-electron chi connectivity index (χ3n) is 5.96. The number of amides is 3. The average Bonchev–Trinajstić information content (AvgIpc) is 3.44. The zero-order valence-corrected chi connectivity index (χ0v) is 17.5. The minimum absolute atomic E-state index is 0.000395. The number of para-hydroxylation sites is 1. The van der Waals surface area contributed by atoms with Gasteiger partial charge in [0, 0.05) is 11.9 Å². The van der Waals surface area contributed by atoms with Gasteiger partial charge in [0.2, 0.25) is 10.0 Å². The molecule has 32 heavy (non-hydrogen) atoms. The quantitative estimate of drug-likeness (QED) is 0.503. The molecule has 2 unspecified atom stereocenters. The van der Waals surface area contributed by atoms with Crippen LogP contribution in [0.3, 0.4) is 0 Å². The zero-order chi connectivity index (χ0) is 22.5. The van der Waals surface area contributed by atoms with E-state index in [0.717, 1.165) is 17.6 Å². The van der Waals surface area contributed by atoms with E-state index in [4.69, 9.17) is 4.42 Å². The van der Waals surface area contributed by atoms with E-state index in [0.29, 0.717) is 24.8 Å². The first kappa shape index (κ1) is 20.6. The second kappa shape index (κ2) is 7.38. The molecule has 3 aromatic rings. The topological polar surface area (TPSA) is 130 Å². The highest BCUT2D eigenvalue weighted by Gasteiger charge is 2.50. The number of benzene rings is 1. The molecule has 3 N–H and O–H groups in total. The van der Waals surface area contributed by atoms with E-state index in [1.54, 1.807) is 18.2 Å². The molecular weight excluding hydrogens is 439 g/mol. The molecule has 2 fully saturated rings. The van der Waals surface area contributed by atoms with Gasteiger partial charge in [-0.1, -0.05) is 18.2 Å². The second-order valence-electron chi connectivity index (χ2n) is 8.10. The van der Waals surface area contributed by atoms with Crippen LogP contribution < -0.4 is 15.4 Å². The Labute approximate surface area is 182 Å². The highest BCUT2D eigenvalue weighted by atomic mass is 32.2. The van der Waals surface area contributed by atoms with E-state index in [1.807, 2.05) is 12.1 Å². The van der Waals surface area contributed by atoms with Crippen molar-refractivity contribution in [1.82, 2.24) is 20.3 Å². The molecule has 0 radical (unpaired) electrons. The highest BCUT2D eigenvalue weighted by Crippen LogP contribution is 2.37. The van der Waals surface area contributed by atoms with Gasteiger partial charge in [0.15, 0.2) is 5.76 Å². The summed E-state index contributed by atoms with van der Waals surface area (Å²) in [5.74, 6) is -1.16. The van der Waals surface area contributed by atoms with Crippen LogP contribution in [0.1, 0.15) is 19.3 Å². The lowest BCUT2D eigenvalue weighted by atomic mass is 9.96. The summed E-state index contributed by atoms with van der Waals surface area (Å²) in [6, 6.07) is 9.16. The maximum Gasteiger partial charge on any atom is 0.322 e. The summed E-state index contributed by atoms with van der Waals surface area (Å²) in [7, 11) is -4.15. The number of carbonyl (C=O) groups excluding carboxylic acids is 2. The number of fused-ring (bicyclic) bond motifs is 1. The van der Waals surface area contributed by atoms with Crippen molar-refractivity contribution in [3.63, 3.8) is 0 Å². The standard InChI is InChI=1S/C21H19FN4O5S/c22-14-8-17(18(23-11-14)16-7-13-3-1-2-4-15(13)31-16)32(29,30)24-10-12-5-6-21(9-12)19(27)25-20(28)26-21/h1-4,7-8,11-12,24H,5-6,9-10H2,(H2,25,26,27,28). The van der Waals surface area contributed by atoms with E-state index >= 15 is 0 Å². The summed E-state index contributed by atoms with van der Waals surface area (Å²) in [6.07, 6.45) is 2.21. The Morgan fingerprint density at radius 2 is 2.06 bits per heavy atom. The van der Waals surface area contributed by atoms with Crippen molar-refractivity contribution in [2.24, 2.45) is 5.92 Å². The fourth-order valence-corrected chi connectivity index (χ4v) is 5.67. The predicted molar refractivity (Wildman–Crippen MR) is 111 cm³/mol. The number of imide groups is 1. The number of halogens is 1. The normalized spacial score (nSPS) is 23.1. The van der Waals surface area contributed by atoms with Crippen LogP contribution in [-0.4, -0.2) is 37.4 Å². The molecule has 3 amide bonds. The van der Waals surface area contributed by atoms with Crippen LogP contribution in [0, 0.1) is 11.7 Å². The van der Waals surface area contributed by atoms with Crippen LogP contribution in [0.2, 0.25) is 0 Å². The van der Waals surface area contributed by atoms with Gasteiger partial charge < -0.3 is 9.73 Å². The summed E-state index contributed by atoms with van der Waals surface area (Å²) >= 11 is 0. The number of pyridine rings is 1. The van der Waals surface area contributed by atoms with Crippen molar-refractivity contribution >= 4 is 32.9 Å². The molecule has 1 spiro atoms. The van der Waals surface area contributed by atoms with E-state index in [2.05, 4.69) is 20.3 Å². The maximum absolute atomic E-state index is 13.9. The Hall–Kier alpha value is -3.31. The fraction of sp³-hybridized carbons (Fsp3) is 0.286. The predicted octanol–water partition coefficient (Wildman–Crippen LogP) is 2.29. The van der Waals surface area contributed by atoms with E-state index in [1.165, 1.54) is 0 Å². The van der Waals surface area contributed by atoms with Crippen molar-refractivity contribution in [3.05, 3.63) is 48.4 Å². The van der Waals surface area contributed by atoms with Crippen LogP contribution in [0.4, 0.5) is 9.18 Å². The lowest BCUT2D eigenvalue weighted by molar-refractivity contribution is -0.123. The summed E-state index contributed by atoms with van der Waals surface area (Å²) < 4.78 is 48.3. The average molecular weight is 458 g/mol. The Morgan fingerprint density at radius 1 is 1.25 bits per heavy atom. The third kappa shape index (κ3) is 3.53. The van der Waals surface area contributed by atoms with Crippen LogP contribution in [0.5, 0.6) is 0 Å². The first-order valence-corrected chi connectivity index (χ1v) is 11.5. The Bertz CT molecular complexity index is 1320. The molecule has 0 bridgehead atoms. The summed E-state index contributed by atoms with van der Waals surface area (Å²) in [5.41, 5.74) is -0.439. The lowest BCUT2D eigenvalue weighted by Gasteiger charge is -2.19. The number of nitrogens with one attached hydrogen (secondary N) is 3. The SMILES string of the molecule is O=C1NC(=O)C2(CCC(CNS(=O)(=O)c3cc(F)cnc3-c3cc4ccccc4o3)C2)N1. The fourth-order valence-electron chi connectivity index (χ4n) is 4.38. The molecule has 3 heterocycles. The molecule has 2 aromatic heterocycles. The molecule has 1 saturated heterocycles. The van der Waals surface area contributed by atoms with Crippen LogP contribution in [0.15, 0.2) is 51.9 Å². The van der Waals surface area contributed by atoms with Crippen LogP contribution in [0.25, 0.3) is 22.4 Å². The molecule has 1 saturated carbocycles. The molecule has 9 nitrogen and oxygen atoms in total.